The summed E-state index contributed by atoms with van der Waals surface area (Å²) in [5.74, 6) is -0.346. The standard InChI is InChI=1S/C26H35N5O5/c1-19-6-4-5-7-21(19)27-26(35)28-22-9-8-20(16-23(22)36-3)17-24(32)29(2)10-11-30-12-14-31(15-13-30)18-25(33)34/h4-9,16H,10-15,17-18H2,1-3H3,(H,33,34)(H2,27,28,35). The highest BCUT2D eigenvalue weighted by Gasteiger charge is 2.20. The van der Waals surface area contributed by atoms with E-state index in [4.69, 9.17) is 9.84 Å². The fourth-order valence-electron chi connectivity index (χ4n) is 4.03. The van der Waals surface area contributed by atoms with Gasteiger partial charge in [0, 0.05) is 52.0 Å². The lowest BCUT2D eigenvalue weighted by molar-refractivity contribution is -0.139. The zero-order chi connectivity index (χ0) is 26.1. The van der Waals surface area contributed by atoms with Gasteiger partial charge in [-0.1, -0.05) is 24.3 Å². The van der Waals surface area contributed by atoms with Crippen LogP contribution >= 0.6 is 0 Å². The molecule has 10 heteroatoms. The van der Waals surface area contributed by atoms with Gasteiger partial charge in [-0.2, -0.15) is 0 Å². The minimum Gasteiger partial charge on any atom is -0.495 e. The zero-order valence-corrected chi connectivity index (χ0v) is 21.1. The highest BCUT2D eigenvalue weighted by Crippen LogP contribution is 2.26. The van der Waals surface area contributed by atoms with Crippen molar-refractivity contribution in [3.05, 3.63) is 53.6 Å². The van der Waals surface area contributed by atoms with Crippen molar-refractivity contribution < 1.29 is 24.2 Å². The second kappa shape index (κ2) is 12.9. The van der Waals surface area contributed by atoms with Crippen molar-refractivity contribution in [1.82, 2.24) is 14.7 Å². The van der Waals surface area contributed by atoms with E-state index in [0.29, 0.717) is 31.1 Å². The number of carboxylic acid groups (broad SMARTS) is 1. The van der Waals surface area contributed by atoms with E-state index < -0.39 is 5.97 Å². The molecular weight excluding hydrogens is 462 g/mol. The summed E-state index contributed by atoms with van der Waals surface area (Å²) in [6.07, 6.45) is 0.217. The number of carbonyl (C=O) groups excluding carboxylic acids is 2. The lowest BCUT2D eigenvalue weighted by atomic mass is 10.1. The number of carbonyl (C=O) groups is 3. The van der Waals surface area contributed by atoms with Gasteiger partial charge in [-0.15, -0.1) is 0 Å². The molecule has 2 aromatic rings. The third-order valence-corrected chi connectivity index (χ3v) is 6.26. The Morgan fingerprint density at radius 1 is 1.00 bits per heavy atom. The molecule has 194 valence electrons. The van der Waals surface area contributed by atoms with E-state index in [1.807, 2.05) is 36.1 Å². The number of carboxylic acids is 1. The molecule has 0 aliphatic carbocycles. The Labute approximate surface area is 211 Å². The number of methoxy groups -OCH3 is 1. The zero-order valence-electron chi connectivity index (χ0n) is 21.1. The van der Waals surface area contributed by atoms with E-state index >= 15 is 0 Å². The topological polar surface area (TPSA) is 114 Å². The summed E-state index contributed by atoms with van der Waals surface area (Å²) < 4.78 is 5.45. The molecule has 36 heavy (non-hydrogen) atoms. The first-order valence-corrected chi connectivity index (χ1v) is 12.0. The average molecular weight is 498 g/mol. The number of anilines is 2. The minimum absolute atomic E-state index is 0.0143. The van der Waals surface area contributed by atoms with Crippen LogP contribution in [0, 0.1) is 6.92 Å². The molecule has 3 rings (SSSR count). The Balaban J connectivity index is 1.48. The van der Waals surface area contributed by atoms with Gasteiger partial charge in [0.05, 0.1) is 25.8 Å². The molecular formula is C26H35N5O5. The number of ether oxygens (including phenoxy) is 1. The Bertz CT molecular complexity index is 1070. The van der Waals surface area contributed by atoms with Crippen LogP contribution in [0.5, 0.6) is 5.75 Å². The Morgan fingerprint density at radius 2 is 1.67 bits per heavy atom. The van der Waals surface area contributed by atoms with Crippen molar-refractivity contribution in [2.75, 3.05) is 70.6 Å². The summed E-state index contributed by atoms with van der Waals surface area (Å²) in [5.41, 5.74) is 2.98. The number of hydrogen-bond acceptors (Lipinski definition) is 6. The predicted octanol–water partition coefficient (Wildman–Crippen LogP) is 2.35. The molecule has 1 aliphatic heterocycles. The third kappa shape index (κ3) is 7.96. The first-order valence-electron chi connectivity index (χ1n) is 12.0. The molecule has 0 radical (unpaired) electrons. The van der Waals surface area contributed by atoms with Crippen LogP contribution in [0.25, 0.3) is 0 Å². The molecule has 0 atom stereocenters. The van der Waals surface area contributed by atoms with Crippen LogP contribution in [-0.4, -0.2) is 97.7 Å². The highest BCUT2D eigenvalue weighted by atomic mass is 16.5. The van der Waals surface area contributed by atoms with Gasteiger partial charge >= 0.3 is 12.0 Å². The van der Waals surface area contributed by atoms with Crippen molar-refractivity contribution in [3.8, 4) is 5.75 Å². The number of para-hydroxylation sites is 1. The fourth-order valence-corrected chi connectivity index (χ4v) is 4.03. The van der Waals surface area contributed by atoms with Gasteiger partial charge in [-0.3, -0.25) is 19.4 Å². The molecule has 1 heterocycles. The van der Waals surface area contributed by atoms with E-state index in [1.54, 1.807) is 30.1 Å². The second-order valence-electron chi connectivity index (χ2n) is 8.93. The maximum absolute atomic E-state index is 12.8. The molecule has 2 aromatic carbocycles. The summed E-state index contributed by atoms with van der Waals surface area (Å²) >= 11 is 0. The summed E-state index contributed by atoms with van der Waals surface area (Å²) in [7, 11) is 3.31. The van der Waals surface area contributed by atoms with E-state index in [2.05, 4.69) is 15.5 Å². The molecule has 1 saturated heterocycles. The van der Waals surface area contributed by atoms with Gasteiger partial charge in [0.25, 0.3) is 0 Å². The lowest BCUT2D eigenvalue weighted by Gasteiger charge is -2.34. The van der Waals surface area contributed by atoms with E-state index in [1.165, 1.54) is 7.11 Å². The number of amides is 3. The van der Waals surface area contributed by atoms with Crippen LogP contribution in [0.15, 0.2) is 42.5 Å². The maximum atomic E-state index is 12.8. The van der Waals surface area contributed by atoms with Crippen LogP contribution < -0.4 is 15.4 Å². The molecule has 1 aliphatic rings. The van der Waals surface area contributed by atoms with Gasteiger partial charge in [-0.25, -0.2) is 4.79 Å². The number of aryl methyl sites for hydroxylation is 1. The maximum Gasteiger partial charge on any atom is 0.323 e. The molecule has 0 spiro atoms. The van der Waals surface area contributed by atoms with Gasteiger partial charge < -0.3 is 25.4 Å². The van der Waals surface area contributed by atoms with Crippen molar-refractivity contribution in [1.29, 1.82) is 0 Å². The molecule has 0 saturated carbocycles. The largest absolute Gasteiger partial charge is 0.495 e. The number of benzene rings is 2. The monoisotopic (exact) mass is 497 g/mol. The van der Waals surface area contributed by atoms with Crippen LogP contribution in [0.2, 0.25) is 0 Å². The van der Waals surface area contributed by atoms with Crippen LogP contribution in [-0.2, 0) is 16.0 Å². The summed E-state index contributed by atoms with van der Waals surface area (Å²) in [5, 5.41) is 14.5. The number of urea groups is 1. The van der Waals surface area contributed by atoms with E-state index in [9.17, 15) is 14.4 Å². The quantitative estimate of drug-likeness (QED) is 0.462. The molecule has 0 unspecified atom stereocenters. The lowest BCUT2D eigenvalue weighted by Crippen LogP contribution is -2.49. The van der Waals surface area contributed by atoms with Crippen LogP contribution in [0.3, 0.4) is 0 Å². The van der Waals surface area contributed by atoms with E-state index in [0.717, 1.165) is 36.4 Å². The SMILES string of the molecule is COc1cc(CC(=O)N(C)CCN2CCN(CC(=O)O)CC2)ccc1NC(=O)Nc1ccccc1C. The number of rotatable bonds is 10. The van der Waals surface area contributed by atoms with Gasteiger partial charge in [0.15, 0.2) is 0 Å². The number of piperazine rings is 1. The van der Waals surface area contributed by atoms with Gasteiger partial charge in [0.1, 0.15) is 5.75 Å². The third-order valence-electron chi connectivity index (χ3n) is 6.26. The van der Waals surface area contributed by atoms with Gasteiger partial charge in [0.2, 0.25) is 5.91 Å². The van der Waals surface area contributed by atoms with Gasteiger partial charge in [-0.05, 0) is 36.2 Å². The van der Waals surface area contributed by atoms with Crippen LogP contribution in [0.4, 0.5) is 16.2 Å². The first-order chi connectivity index (χ1) is 17.2. The number of nitrogens with zero attached hydrogens (tertiary/aromatic N) is 3. The van der Waals surface area contributed by atoms with E-state index in [-0.39, 0.29) is 24.9 Å². The Morgan fingerprint density at radius 3 is 2.33 bits per heavy atom. The highest BCUT2D eigenvalue weighted by molar-refractivity contribution is 6.01. The molecule has 10 nitrogen and oxygen atoms in total. The predicted molar refractivity (Wildman–Crippen MR) is 139 cm³/mol. The molecule has 3 N–H and O–H groups in total. The Kier molecular flexibility index (Phi) is 9.66. The molecule has 0 aromatic heterocycles. The first kappa shape index (κ1) is 27.0. The summed E-state index contributed by atoms with van der Waals surface area (Å²) in [6.45, 7) is 6.33. The fraction of sp³-hybridized carbons (Fsp3) is 0.423. The second-order valence-corrected chi connectivity index (χ2v) is 8.93. The Hall–Kier alpha value is -3.63. The van der Waals surface area contributed by atoms with Crippen LogP contribution in [0.1, 0.15) is 11.1 Å². The smallest absolute Gasteiger partial charge is 0.323 e. The summed E-state index contributed by atoms with van der Waals surface area (Å²) in [6, 6.07) is 12.4. The number of nitrogens with one attached hydrogen (secondary N) is 2. The number of likely N-dealkylation sites (N-methyl/N-ethyl adjacent to an activating group) is 1. The minimum atomic E-state index is -0.806. The normalized spacial score (nSPS) is 14.2. The van der Waals surface area contributed by atoms with Crippen molar-refractivity contribution in [2.24, 2.45) is 0 Å². The average Bonchev–Trinajstić information content (AvgIpc) is 2.85. The van der Waals surface area contributed by atoms with Crippen molar-refractivity contribution in [3.63, 3.8) is 0 Å². The molecule has 3 amide bonds. The molecule has 0 bridgehead atoms. The van der Waals surface area contributed by atoms with Crippen molar-refractivity contribution >= 4 is 29.3 Å². The molecule has 1 fully saturated rings. The summed E-state index contributed by atoms with van der Waals surface area (Å²) in [4.78, 5) is 41.9. The van der Waals surface area contributed by atoms with Crippen molar-refractivity contribution in [2.45, 2.75) is 13.3 Å². The number of aliphatic carboxylic acids is 1. The number of hydrogen-bond donors (Lipinski definition) is 3.